The lowest BCUT2D eigenvalue weighted by molar-refractivity contribution is -0.129. The molecule has 0 bridgehead atoms. The number of hydrogen-bond donors (Lipinski definition) is 1. The maximum Gasteiger partial charge on any atom is 0.219 e. The van der Waals surface area contributed by atoms with Crippen LogP contribution in [0.4, 0.5) is 15.9 Å². The zero-order valence-corrected chi connectivity index (χ0v) is 20.0. The number of hydrogen-bond acceptors (Lipinski definition) is 6. The third-order valence-corrected chi connectivity index (χ3v) is 6.56. The number of carbonyl (C=O) groups excluding carboxylic acids is 1. The molecule has 34 heavy (non-hydrogen) atoms. The fourth-order valence-electron chi connectivity index (χ4n) is 4.47. The molecule has 1 saturated heterocycles. The van der Waals surface area contributed by atoms with Gasteiger partial charge in [-0.2, -0.15) is 5.10 Å². The molecule has 1 aromatic carbocycles. The average molecular weight is 482 g/mol. The van der Waals surface area contributed by atoms with Crippen molar-refractivity contribution in [2.75, 3.05) is 36.4 Å². The molecular weight excluding hydrogens is 457 g/mol. The van der Waals surface area contributed by atoms with Crippen LogP contribution >= 0.6 is 11.6 Å². The van der Waals surface area contributed by atoms with E-state index < -0.39 is 0 Å². The summed E-state index contributed by atoms with van der Waals surface area (Å²) in [5.74, 6) is 0.570. The summed E-state index contributed by atoms with van der Waals surface area (Å²) in [6.45, 7) is 7.92. The summed E-state index contributed by atoms with van der Waals surface area (Å²) in [5.41, 5.74) is 3.54. The van der Waals surface area contributed by atoms with Crippen LogP contribution in [0.1, 0.15) is 31.0 Å². The van der Waals surface area contributed by atoms with Crippen molar-refractivity contribution in [3.8, 4) is 0 Å². The molecule has 4 aromatic rings. The van der Waals surface area contributed by atoms with E-state index in [9.17, 15) is 9.18 Å². The first-order valence-corrected chi connectivity index (χ1v) is 11.6. The van der Waals surface area contributed by atoms with Gasteiger partial charge in [-0.25, -0.2) is 18.9 Å². The van der Waals surface area contributed by atoms with E-state index in [1.54, 1.807) is 42.9 Å². The first kappa shape index (κ1) is 22.3. The van der Waals surface area contributed by atoms with Gasteiger partial charge in [0.05, 0.1) is 17.2 Å². The number of rotatable bonds is 4. The van der Waals surface area contributed by atoms with Crippen molar-refractivity contribution in [2.24, 2.45) is 0 Å². The van der Waals surface area contributed by atoms with Crippen molar-refractivity contribution in [1.82, 2.24) is 24.5 Å². The molecule has 1 aliphatic rings. The minimum atomic E-state index is -0.278. The van der Waals surface area contributed by atoms with Gasteiger partial charge >= 0.3 is 0 Å². The largest absolute Gasteiger partial charge is 0.375 e. The Morgan fingerprint density at radius 1 is 1.21 bits per heavy atom. The summed E-state index contributed by atoms with van der Waals surface area (Å²) in [4.78, 5) is 25.1. The van der Waals surface area contributed by atoms with Crippen molar-refractivity contribution in [1.29, 1.82) is 0 Å². The lowest BCUT2D eigenvalue weighted by Gasteiger charge is -2.36. The summed E-state index contributed by atoms with van der Waals surface area (Å²) in [6, 6.07) is 6.88. The summed E-state index contributed by atoms with van der Waals surface area (Å²) >= 11 is 6.22. The number of imidazole rings is 1. The predicted molar refractivity (Wildman–Crippen MR) is 131 cm³/mol. The molecule has 3 aromatic heterocycles. The number of anilines is 2. The lowest BCUT2D eigenvalue weighted by atomic mass is 10.0. The minimum absolute atomic E-state index is 0.0672. The monoisotopic (exact) mass is 481 g/mol. The smallest absolute Gasteiger partial charge is 0.219 e. The number of halogens is 2. The fourth-order valence-corrected chi connectivity index (χ4v) is 4.66. The summed E-state index contributed by atoms with van der Waals surface area (Å²) in [7, 11) is 0. The number of piperazine rings is 1. The third-order valence-electron chi connectivity index (χ3n) is 6.38. The van der Waals surface area contributed by atoms with Crippen molar-refractivity contribution < 1.29 is 9.18 Å². The maximum absolute atomic E-state index is 14.3. The second-order valence-electron chi connectivity index (χ2n) is 8.58. The number of amides is 1. The Balaban J connectivity index is 1.57. The third kappa shape index (κ3) is 4.00. The van der Waals surface area contributed by atoms with Crippen LogP contribution in [0.3, 0.4) is 0 Å². The van der Waals surface area contributed by atoms with E-state index in [0.717, 1.165) is 22.5 Å². The van der Waals surface area contributed by atoms with Crippen molar-refractivity contribution in [2.45, 2.75) is 26.8 Å². The topological polar surface area (TPSA) is 78.7 Å². The molecule has 0 unspecified atom stereocenters. The second-order valence-corrected chi connectivity index (χ2v) is 8.97. The molecule has 1 amide bonds. The number of fused-ring (bicyclic) bond motifs is 2. The van der Waals surface area contributed by atoms with Gasteiger partial charge in [0.1, 0.15) is 11.6 Å². The first-order valence-electron chi connectivity index (χ1n) is 11.2. The molecule has 1 aliphatic heterocycles. The number of nitrogens with one attached hydrogen (secondary N) is 1. The molecule has 4 heterocycles. The van der Waals surface area contributed by atoms with E-state index >= 15 is 0 Å². The summed E-state index contributed by atoms with van der Waals surface area (Å²) in [5, 5.41) is 8.97. The van der Waals surface area contributed by atoms with Gasteiger partial charge in [-0.1, -0.05) is 11.6 Å². The Morgan fingerprint density at radius 3 is 2.71 bits per heavy atom. The summed E-state index contributed by atoms with van der Waals surface area (Å²) < 4.78 is 16.0. The Morgan fingerprint density at radius 2 is 1.97 bits per heavy atom. The zero-order valence-electron chi connectivity index (χ0n) is 19.2. The number of benzene rings is 1. The fraction of sp³-hybridized carbons (Fsp3) is 0.333. The minimum Gasteiger partial charge on any atom is -0.375 e. The molecule has 176 valence electrons. The number of aryl methyl sites for hydroxylation is 1. The lowest BCUT2D eigenvalue weighted by Crippen LogP contribution is -2.48. The quantitative estimate of drug-likeness (QED) is 0.470. The van der Waals surface area contributed by atoms with Gasteiger partial charge in [0, 0.05) is 68.1 Å². The highest BCUT2D eigenvalue weighted by Gasteiger charge is 2.25. The van der Waals surface area contributed by atoms with E-state index in [-0.39, 0.29) is 17.8 Å². The average Bonchev–Trinajstić information content (AvgIpc) is 3.29. The molecule has 5 rings (SSSR count). The normalized spacial score (nSPS) is 15.2. The van der Waals surface area contributed by atoms with Crippen LogP contribution in [0.25, 0.3) is 16.6 Å². The van der Waals surface area contributed by atoms with E-state index in [2.05, 4.69) is 26.4 Å². The van der Waals surface area contributed by atoms with Gasteiger partial charge in [-0.3, -0.25) is 4.79 Å². The number of carbonyl (C=O) groups is 1. The molecular formula is C24H25ClFN7O. The van der Waals surface area contributed by atoms with Crippen molar-refractivity contribution in [3.63, 3.8) is 0 Å². The van der Waals surface area contributed by atoms with Crippen LogP contribution in [-0.4, -0.2) is 56.6 Å². The Bertz CT molecular complexity index is 1400. The molecule has 1 fully saturated rings. The number of pyridine rings is 1. The molecule has 0 aliphatic carbocycles. The van der Waals surface area contributed by atoms with Crippen molar-refractivity contribution >= 4 is 45.6 Å². The van der Waals surface area contributed by atoms with Crippen LogP contribution in [0.15, 0.2) is 36.7 Å². The van der Waals surface area contributed by atoms with Crippen LogP contribution in [0, 0.1) is 12.7 Å². The van der Waals surface area contributed by atoms with Gasteiger partial charge in [0.15, 0.2) is 10.8 Å². The highest BCUT2D eigenvalue weighted by Crippen LogP contribution is 2.33. The Labute approximate surface area is 201 Å². The van der Waals surface area contributed by atoms with Gasteiger partial charge in [-0.05, 0) is 32.0 Å². The summed E-state index contributed by atoms with van der Waals surface area (Å²) in [6.07, 6.45) is 3.41. The molecule has 0 spiro atoms. The Kier molecular flexibility index (Phi) is 5.73. The van der Waals surface area contributed by atoms with E-state index in [1.807, 2.05) is 11.8 Å². The van der Waals surface area contributed by atoms with Crippen LogP contribution in [0.2, 0.25) is 5.15 Å². The SMILES string of the molecule is CC(=O)N1CCN(c2nc3c(C)c(F)ccc3cc2[C@H](C)Nc2cc(Cl)nn3ccnc23)CC1. The van der Waals surface area contributed by atoms with Gasteiger partial charge in [-0.15, -0.1) is 0 Å². The van der Waals surface area contributed by atoms with E-state index in [1.165, 1.54) is 6.07 Å². The molecule has 0 saturated carbocycles. The first-order chi connectivity index (χ1) is 16.3. The molecule has 8 nitrogen and oxygen atoms in total. The van der Waals surface area contributed by atoms with Crippen molar-refractivity contribution in [3.05, 3.63) is 58.8 Å². The van der Waals surface area contributed by atoms with E-state index in [4.69, 9.17) is 16.6 Å². The maximum atomic E-state index is 14.3. The highest BCUT2D eigenvalue weighted by atomic mass is 35.5. The molecule has 0 radical (unpaired) electrons. The highest BCUT2D eigenvalue weighted by molar-refractivity contribution is 6.29. The standard InChI is InChI=1S/C24H25ClFN7O/c1-14-19(26)5-4-17-12-18(15(2)28-20-13-21(25)30-33-7-6-27-24(20)33)23(29-22(14)17)32-10-8-31(9-11-32)16(3)34/h4-7,12-13,15,28H,8-11H2,1-3H3/t15-/m0/s1. The second kappa shape index (κ2) is 8.72. The van der Waals surface area contributed by atoms with Crippen LogP contribution in [-0.2, 0) is 4.79 Å². The number of nitrogens with zero attached hydrogens (tertiary/aromatic N) is 6. The zero-order chi connectivity index (χ0) is 24.0. The van der Waals surface area contributed by atoms with Crippen LogP contribution in [0.5, 0.6) is 0 Å². The molecule has 1 N–H and O–H groups in total. The Hall–Kier alpha value is -3.46. The number of aromatic nitrogens is 4. The van der Waals surface area contributed by atoms with Gasteiger partial charge < -0.3 is 15.1 Å². The van der Waals surface area contributed by atoms with Crippen LogP contribution < -0.4 is 10.2 Å². The molecule has 1 atom stereocenters. The molecule has 10 heteroatoms. The predicted octanol–water partition coefficient (Wildman–Crippen LogP) is 4.22. The van der Waals surface area contributed by atoms with E-state index in [0.29, 0.717) is 48.1 Å². The van der Waals surface area contributed by atoms with Gasteiger partial charge in [0.25, 0.3) is 0 Å². The van der Waals surface area contributed by atoms with Gasteiger partial charge in [0.2, 0.25) is 5.91 Å².